The Morgan fingerprint density at radius 3 is 2.75 bits per heavy atom. The molecule has 0 saturated heterocycles. The smallest absolute Gasteiger partial charge is 0.516 e. The van der Waals surface area contributed by atoms with Crippen LogP contribution < -0.4 is 0 Å². The van der Waals surface area contributed by atoms with Crippen LogP contribution in [-0.4, -0.2) is 19.5 Å². The van der Waals surface area contributed by atoms with Gasteiger partial charge in [0.15, 0.2) is 0 Å². The third-order valence-electron chi connectivity index (χ3n) is 1.54. The first-order chi connectivity index (χ1) is 5.53. The average Bonchev–Trinajstić information content (AvgIpc) is 1.82. The van der Waals surface area contributed by atoms with Crippen LogP contribution in [0.2, 0.25) is 0 Å². The number of allylic oxidation sites excluding steroid dienone is 1. The molecule has 0 N–H and O–H groups in total. The van der Waals surface area contributed by atoms with Crippen LogP contribution in [0.3, 0.4) is 0 Å². The largest absolute Gasteiger partial charge is 0.713 e. The summed E-state index contributed by atoms with van der Waals surface area (Å²) in [5, 5.41) is 0. The summed E-state index contributed by atoms with van der Waals surface area (Å²) in [6.45, 7) is 8.35. The predicted octanol–water partition coefficient (Wildman–Crippen LogP) is 1.74. The molecule has 1 aliphatic heterocycles. The van der Waals surface area contributed by atoms with Gasteiger partial charge in [-0.3, -0.25) is 0 Å². The fraction of sp³-hybridized carbons (Fsp3) is 0.750. The minimum absolute atomic E-state index is 0.290. The molecule has 0 bridgehead atoms. The zero-order valence-corrected chi connectivity index (χ0v) is 8.09. The van der Waals surface area contributed by atoms with Crippen LogP contribution in [0.25, 0.3) is 0 Å². The minimum Gasteiger partial charge on any atom is -0.516 e. The van der Waals surface area contributed by atoms with Crippen molar-refractivity contribution in [2.45, 2.75) is 33.3 Å². The molecule has 68 valence electrons. The van der Waals surface area contributed by atoms with Crippen molar-refractivity contribution in [3.8, 4) is 0 Å². The summed E-state index contributed by atoms with van der Waals surface area (Å²) in [6.07, 6.45) is 1.93. The van der Waals surface area contributed by atoms with E-state index in [1.54, 1.807) is 0 Å². The zero-order chi connectivity index (χ0) is 9.19. The highest BCUT2D eigenvalue weighted by Gasteiger charge is 2.35. The van der Waals surface area contributed by atoms with Gasteiger partial charge in [0, 0.05) is 6.61 Å². The molecule has 0 aliphatic carbocycles. The Kier molecular flexibility index (Phi) is 2.80. The van der Waals surface area contributed by atoms with Crippen molar-refractivity contribution in [3.63, 3.8) is 0 Å². The van der Waals surface area contributed by atoms with Gasteiger partial charge in [-0.1, -0.05) is 0 Å². The van der Waals surface area contributed by atoms with Gasteiger partial charge in [0.1, 0.15) is 0 Å². The van der Waals surface area contributed by atoms with Crippen molar-refractivity contribution in [2.24, 2.45) is 0 Å². The van der Waals surface area contributed by atoms with Gasteiger partial charge in [-0.25, -0.2) is 0 Å². The molecule has 0 spiro atoms. The number of rotatable bonds is 2. The molecular formula is C8H15BO3. The van der Waals surface area contributed by atoms with Crippen LogP contribution in [0.5, 0.6) is 0 Å². The highest BCUT2D eigenvalue weighted by Crippen LogP contribution is 2.22. The minimum atomic E-state index is -0.546. The maximum absolute atomic E-state index is 5.46. The first-order valence-corrected chi connectivity index (χ1v) is 4.19. The molecule has 0 amide bonds. The normalized spacial score (nSPS) is 21.7. The molecule has 3 nitrogen and oxygen atoms in total. The lowest BCUT2D eigenvalue weighted by Gasteiger charge is -2.30. The number of hydrogen-bond donors (Lipinski definition) is 0. The quantitative estimate of drug-likeness (QED) is 0.590. The van der Waals surface area contributed by atoms with Crippen molar-refractivity contribution >= 4 is 7.32 Å². The van der Waals surface area contributed by atoms with Gasteiger partial charge < -0.3 is 14.0 Å². The predicted molar refractivity (Wildman–Crippen MR) is 47.4 cm³/mol. The van der Waals surface area contributed by atoms with Crippen molar-refractivity contribution in [3.05, 3.63) is 11.8 Å². The van der Waals surface area contributed by atoms with Crippen LogP contribution in [-0.2, 0) is 14.0 Å². The van der Waals surface area contributed by atoms with E-state index >= 15 is 0 Å². The summed E-state index contributed by atoms with van der Waals surface area (Å²) >= 11 is 0. The Hall–Kier alpha value is -0.475. The topological polar surface area (TPSA) is 27.7 Å². The second-order valence-electron chi connectivity index (χ2n) is 3.34. The van der Waals surface area contributed by atoms with Crippen LogP contribution in [0, 0.1) is 0 Å². The number of hydrogen-bond acceptors (Lipinski definition) is 3. The Morgan fingerprint density at radius 2 is 2.25 bits per heavy atom. The summed E-state index contributed by atoms with van der Waals surface area (Å²) in [5.74, 6) is 0.852. The fourth-order valence-electron chi connectivity index (χ4n) is 1.19. The van der Waals surface area contributed by atoms with E-state index in [0.29, 0.717) is 6.61 Å². The summed E-state index contributed by atoms with van der Waals surface area (Å²) in [7, 11) is -0.546. The first-order valence-electron chi connectivity index (χ1n) is 4.19. The van der Waals surface area contributed by atoms with E-state index in [1.165, 1.54) is 0 Å². The Bertz CT molecular complexity index is 189. The maximum Gasteiger partial charge on any atom is 0.713 e. The molecule has 0 fully saturated rings. The van der Waals surface area contributed by atoms with E-state index < -0.39 is 7.32 Å². The first kappa shape index (κ1) is 9.61. The lowest BCUT2D eigenvalue weighted by Crippen LogP contribution is -2.40. The zero-order valence-electron chi connectivity index (χ0n) is 8.09. The molecule has 0 aromatic rings. The molecule has 0 radical (unpaired) electrons. The molecule has 0 aromatic carbocycles. The van der Waals surface area contributed by atoms with E-state index in [9.17, 15) is 0 Å². The van der Waals surface area contributed by atoms with Gasteiger partial charge >= 0.3 is 7.32 Å². The molecule has 4 heteroatoms. The highest BCUT2D eigenvalue weighted by atomic mass is 16.7. The third-order valence-corrected chi connectivity index (χ3v) is 1.54. The molecular weight excluding hydrogens is 155 g/mol. The second kappa shape index (κ2) is 3.50. The van der Waals surface area contributed by atoms with Gasteiger partial charge in [-0.2, -0.15) is 0 Å². The van der Waals surface area contributed by atoms with Crippen molar-refractivity contribution < 1.29 is 14.0 Å². The van der Waals surface area contributed by atoms with Crippen LogP contribution in [0.1, 0.15) is 27.7 Å². The standard InChI is InChI=1S/C8H15BO3/c1-5-10-9-11-7(2)6-8(3,4)12-9/h6H,5H2,1-4H3. The average molecular weight is 170 g/mol. The molecule has 1 aliphatic rings. The fourth-order valence-corrected chi connectivity index (χ4v) is 1.19. The monoisotopic (exact) mass is 170 g/mol. The molecule has 0 unspecified atom stereocenters. The van der Waals surface area contributed by atoms with Crippen LogP contribution >= 0.6 is 0 Å². The summed E-state index contributed by atoms with van der Waals surface area (Å²) in [6, 6.07) is 0. The molecule has 1 rings (SSSR count). The SMILES string of the molecule is CCOB1OC(C)=CC(C)(C)O1. The Morgan fingerprint density at radius 1 is 1.58 bits per heavy atom. The molecule has 0 aromatic heterocycles. The van der Waals surface area contributed by atoms with Crippen molar-refractivity contribution in [1.82, 2.24) is 0 Å². The summed E-state index contributed by atoms with van der Waals surface area (Å²) < 4.78 is 15.9. The second-order valence-corrected chi connectivity index (χ2v) is 3.34. The van der Waals surface area contributed by atoms with E-state index in [-0.39, 0.29) is 5.60 Å². The van der Waals surface area contributed by atoms with Gasteiger partial charge in [0.05, 0.1) is 11.4 Å². The van der Waals surface area contributed by atoms with Gasteiger partial charge in [-0.05, 0) is 33.8 Å². The molecule has 0 atom stereocenters. The van der Waals surface area contributed by atoms with E-state index in [2.05, 4.69) is 0 Å². The maximum atomic E-state index is 5.46. The molecule has 12 heavy (non-hydrogen) atoms. The van der Waals surface area contributed by atoms with Crippen molar-refractivity contribution in [1.29, 1.82) is 0 Å². The van der Waals surface area contributed by atoms with Crippen LogP contribution in [0.4, 0.5) is 0 Å². The highest BCUT2D eigenvalue weighted by molar-refractivity contribution is 6.37. The van der Waals surface area contributed by atoms with Gasteiger partial charge in [-0.15, -0.1) is 0 Å². The third kappa shape index (κ3) is 2.53. The molecule has 1 heterocycles. The van der Waals surface area contributed by atoms with Crippen LogP contribution in [0.15, 0.2) is 11.8 Å². The summed E-state index contributed by atoms with van der Waals surface area (Å²) in [5.41, 5.74) is -0.290. The van der Waals surface area contributed by atoms with E-state index in [1.807, 2.05) is 33.8 Å². The van der Waals surface area contributed by atoms with E-state index in [0.717, 1.165) is 5.76 Å². The lowest BCUT2D eigenvalue weighted by atomic mass is 10.0. The van der Waals surface area contributed by atoms with Gasteiger partial charge in [0.2, 0.25) is 0 Å². The summed E-state index contributed by atoms with van der Waals surface area (Å²) in [4.78, 5) is 0. The Balaban J connectivity index is 2.59. The van der Waals surface area contributed by atoms with E-state index in [4.69, 9.17) is 14.0 Å². The van der Waals surface area contributed by atoms with Crippen molar-refractivity contribution in [2.75, 3.05) is 6.61 Å². The molecule has 0 saturated carbocycles. The lowest BCUT2D eigenvalue weighted by molar-refractivity contribution is 0.0352. The Labute approximate surface area is 73.9 Å². The van der Waals surface area contributed by atoms with Gasteiger partial charge in [0.25, 0.3) is 0 Å².